The van der Waals surface area contributed by atoms with Crippen LogP contribution >= 0.6 is 0 Å². The average molecular weight is 589 g/mol. The smallest absolute Gasteiger partial charge is 0.351 e. The van der Waals surface area contributed by atoms with Gasteiger partial charge in [-0.3, -0.25) is 4.90 Å². The minimum Gasteiger partial charge on any atom is -0.351 e. The Bertz CT molecular complexity index is 1570. The van der Waals surface area contributed by atoms with E-state index in [2.05, 4.69) is 45.1 Å². The monoisotopic (exact) mass is 588 g/mol. The maximum Gasteiger partial charge on any atom is 0.420 e. The summed E-state index contributed by atoms with van der Waals surface area (Å²) in [6, 6.07) is 8.03. The molecule has 2 fully saturated rings. The molecule has 0 spiro atoms. The Labute approximate surface area is 236 Å². The SMILES string of the molecule is CC(C)N1CC(c2ccc(-n3cnc(-c4nc(NC5CCN(S(C)(=O)=O)CC5)ncc4C(F)(F)F)c3)c(C#N)c2)C1. The molecule has 1 N–H and O–H groups in total. The van der Waals surface area contributed by atoms with Crippen LogP contribution in [0.1, 0.15) is 49.3 Å². The van der Waals surface area contributed by atoms with Gasteiger partial charge in [0, 0.05) is 56.6 Å². The zero-order valence-electron chi connectivity index (χ0n) is 22.9. The van der Waals surface area contributed by atoms with Gasteiger partial charge in [-0.1, -0.05) is 6.07 Å². The molecule has 41 heavy (non-hydrogen) atoms. The highest BCUT2D eigenvalue weighted by atomic mass is 32.2. The van der Waals surface area contributed by atoms with E-state index in [0.29, 0.717) is 49.1 Å². The zero-order valence-corrected chi connectivity index (χ0v) is 23.7. The van der Waals surface area contributed by atoms with E-state index in [0.717, 1.165) is 31.1 Å². The van der Waals surface area contributed by atoms with Crippen molar-refractivity contribution in [3.05, 3.63) is 53.6 Å². The lowest BCUT2D eigenvalue weighted by Gasteiger charge is -2.42. The number of sulfonamides is 1. The standard InChI is InChI=1S/C27H31F3N8O2S/c1-17(2)36-13-20(14-36)18-4-5-24(19(10-18)11-31)37-15-23(33-16-37)25-22(27(28,29)30)12-32-26(35-25)34-21-6-8-38(9-7-21)41(3,39)40/h4-5,10,12,15-17,20-21H,6-9,13-14H2,1-3H3,(H,32,34,35). The summed E-state index contributed by atoms with van der Waals surface area (Å²) in [7, 11) is -3.31. The number of anilines is 1. The van der Waals surface area contributed by atoms with Crippen LogP contribution < -0.4 is 5.32 Å². The van der Waals surface area contributed by atoms with Crippen molar-refractivity contribution in [1.29, 1.82) is 5.26 Å². The molecule has 2 aliphatic rings. The van der Waals surface area contributed by atoms with Crippen molar-refractivity contribution in [2.45, 2.75) is 50.9 Å². The van der Waals surface area contributed by atoms with Crippen LogP contribution in [0.3, 0.4) is 0 Å². The molecule has 3 aromatic rings. The van der Waals surface area contributed by atoms with E-state index < -0.39 is 21.8 Å². The van der Waals surface area contributed by atoms with Crippen molar-refractivity contribution < 1.29 is 21.6 Å². The molecule has 4 heterocycles. The second kappa shape index (κ2) is 11.0. The predicted octanol–water partition coefficient (Wildman–Crippen LogP) is 3.86. The highest BCUT2D eigenvalue weighted by Crippen LogP contribution is 2.36. The van der Waals surface area contributed by atoms with Gasteiger partial charge >= 0.3 is 6.18 Å². The first kappa shape index (κ1) is 29.0. The first-order valence-electron chi connectivity index (χ1n) is 13.3. The Morgan fingerprint density at radius 1 is 1.15 bits per heavy atom. The molecule has 10 nitrogen and oxygen atoms in total. The number of hydrogen-bond donors (Lipinski definition) is 1. The average Bonchev–Trinajstić information content (AvgIpc) is 3.37. The van der Waals surface area contributed by atoms with Gasteiger partial charge in [-0.25, -0.2) is 27.7 Å². The van der Waals surface area contributed by atoms with E-state index in [9.17, 15) is 26.9 Å². The molecule has 0 radical (unpaired) electrons. The van der Waals surface area contributed by atoms with Crippen LogP contribution in [-0.2, 0) is 16.2 Å². The zero-order chi connectivity index (χ0) is 29.5. The summed E-state index contributed by atoms with van der Waals surface area (Å²) in [5, 5.41) is 12.9. The fraction of sp³-hybridized carbons (Fsp3) is 0.481. The highest BCUT2D eigenvalue weighted by Gasteiger charge is 2.37. The van der Waals surface area contributed by atoms with Gasteiger partial charge in [0.1, 0.15) is 29.3 Å². The van der Waals surface area contributed by atoms with E-state index >= 15 is 0 Å². The maximum absolute atomic E-state index is 13.9. The van der Waals surface area contributed by atoms with Gasteiger partial charge < -0.3 is 9.88 Å². The topological polar surface area (TPSA) is 120 Å². The molecule has 2 saturated heterocycles. The summed E-state index contributed by atoms with van der Waals surface area (Å²) in [5.41, 5.74) is 0.519. The van der Waals surface area contributed by atoms with E-state index in [1.807, 2.05) is 12.1 Å². The number of imidazole rings is 1. The quantitative estimate of drug-likeness (QED) is 0.442. The number of nitriles is 1. The number of halogens is 3. The number of benzene rings is 1. The normalized spacial score (nSPS) is 17.9. The lowest BCUT2D eigenvalue weighted by atomic mass is 9.89. The minimum atomic E-state index is -4.72. The van der Waals surface area contributed by atoms with Crippen LogP contribution in [0.15, 0.2) is 36.9 Å². The van der Waals surface area contributed by atoms with Crippen LogP contribution in [0.5, 0.6) is 0 Å². The lowest BCUT2D eigenvalue weighted by molar-refractivity contribution is -0.137. The van der Waals surface area contributed by atoms with E-state index in [1.165, 1.54) is 21.4 Å². The third kappa shape index (κ3) is 6.22. The van der Waals surface area contributed by atoms with Crippen molar-refractivity contribution in [3.8, 4) is 23.1 Å². The molecule has 1 aromatic carbocycles. The van der Waals surface area contributed by atoms with Crippen LogP contribution in [0.2, 0.25) is 0 Å². The fourth-order valence-corrected chi connectivity index (χ4v) is 6.09. The number of hydrogen-bond acceptors (Lipinski definition) is 8. The summed E-state index contributed by atoms with van der Waals surface area (Å²) >= 11 is 0. The number of nitrogens with zero attached hydrogens (tertiary/aromatic N) is 7. The molecule has 218 valence electrons. The highest BCUT2D eigenvalue weighted by molar-refractivity contribution is 7.88. The van der Waals surface area contributed by atoms with Crippen LogP contribution in [-0.4, -0.2) is 81.7 Å². The van der Waals surface area contributed by atoms with Gasteiger partial charge in [0.05, 0.1) is 17.5 Å². The Balaban J connectivity index is 1.39. The molecule has 0 saturated carbocycles. The third-order valence-electron chi connectivity index (χ3n) is 7.71. The first-order chi connectivity index (χ1) is 19.3. The molecular formula is C27H31F3N8O2S. The van der Waals surface area contributed by atoms with Gasteiger partial charge in [-0.15, -0.1) is 0 Å². The summed E-state index contributed by atoms with van der Waals surface area (Å²) in [4.78, 5) is 14.6. The number of piperidine rings is 1. The van der Waals surface area contributed by atoms with Gasteiger partial charge in [-0.05, 0) is 44.4 Å². The fourth-order valence-electron chi connectivity index (χ4n) is 5.21. The largest absolute Gasteiger partial charge is 0.420 e. The second-order valence-electron chi connectivity index (χ2n) is 10.8. The summed E-state index contributed by atoms with van der Waals surface area (Å²) in [5.74, 6) is 0.329. The summed E-state index contributed by atoms with van der Waals surface area (Å²) < 4.78 is 68.2. The molecule has 0 atom stereocenters. The molecule has 14 heteroatoms. The molecule has 0 bridgehead atoms. The third-order valence-corrected chi connectivity index (χ3v) is 9.01. The lowest BCUT2D eigenvalue weighted by Crippen LogP contribution is -2.48. The molecule has 2 aromatic heterocycles. The Morgan fingerprint density at radius 2 is 1.85 bits per heavy atom. The van der Waals surface area contributed by atoms with Crippen molar-refractivity contribution in [1.82, 2.24) is 28.7 Å². The summed E-state index contributed by atoms with van der Waals surface area (Å²) in [6.45, 7) is 6.70. The Kier molecular flexibility index (Phi) is 7.80. The van der Waals surface area contributed by atoms with Crippen LogP contribution in [0, 0.1) is 11.3 Å². The molecule has 0 aliphatic carbocycles. The maximum atomic E-state index is 13.9. The summed E-state index contributed by atoms with van der Waals surface area (Å²) in [6.07, 6.45) is 0.870. The van der Waals surface area contributed by atoms with E-state index in [-0.39, 0.29) is 23.4 Å². The second-order valence-corrected chi connectivity index (χ2v) is 12.8. The van der Waals surface area contributed by atoms with E-state index in [4.69, 9.17) is 0 Å². The molecule has 5 rings (SSSR count). The minimum absolute atomic E-state index is 0.00152. The number of rotatable bonds is 7. The molecule has 0 amide bonds. The number of aromatic nitrogens is 4. The van der Waals surface area contributed by atoms with Gasteiger partial charge in [0.25, 0.3) is 0 Å². The van der Waals surface area contributed by atoms with E-state index in [1.54, 1.807) is 6.07 Å². The van der Waals surface area contributed by atoms with Crippen molar-refractivity contribution in [2.75, 3.05) is 37.8 Å². The van der Waals surface area contributed by atoms with Crippen molar-refractivity contribution in [3.63, 3.8) is 0 Å². The Hall–Kier alpha value is -3.54. The number of likely N-dealkylation sites (tertiary alicyclic amines) is 1. The van der Waals surface area contributed by atoms with Crippen molar-refractivity contribution in [2.24, 2.45) is 0 Å². The van der Waals surface area contributed by atoms with Gasteiger partial charge in [0.2, 0.25) is 16.0 Å². The van der Waals surface area contributed by atoms with Gasteiger partial charge in [0.15, 0.2) is 0 Å². The van der Waals surface area contributed by atoms with Crippen LogP contribution in [0.25, 0.3) is 17.1 Å². The molecule has 0 unspecified atom stereocenters. The number of alkyl halides is 3. The molecule has 2 aliphatic heterocycles. The number of nitrogens with one attached hydrogen (secondary N) is 1. The van der Waals surface area contributed by atoms with Crippen LogP contribution in [0.4, 0.5) is 19.1 Å². The van der Waals surface area contributed by atoms with Gasteiger partial charge in [-0.2, -0.15) is 18.4 Å². The predicted molar refractivity (Wildman–Crippen MR) is 147 cm³/mol. The first-order valence-corrected chi connectivity index (χ1v) is 15.2. The van der Waals surface area contributed by atoms with Crippen molar-refractivity contribution >= 4 is 16.0 Å². The Morgan fingerprint density at radius 3 is 2.46 bits per heavy atom. The molecular weight excluding hydrogens is 557 g/mol.